The predicted molar refractivity (Wildman–Crippen MR) is 79.9 cm³/mol. The molecule has 1 rings (SSSR count). The highest BCUT2D eigenvalue weighted by atomic mass is 16.1. The maximum Gasteiger partial charge on any atom is 0.231 e. The van der Waals surface area contributed by atoms with E-state index in [4.69, 9.17) is 5.73 Å². The molecule has 19 heavy (non-hydrogen) atoms. The van der Waals surface area contributed by atoms with Crippen LogP contribution in [0, 0.1) is 5.92 Å². The number of hydrogen-bond donors (Lipinski definition) is 2. The first-order chi connectivity index (χ1) is 8.71. The topological polar surface area (TPSA) is 55.1 Å². The van der Waals surface area contributed by atoms with Gasteiger partial charge < -0.3 is 11.1 Å². The van der Waals surface area contributed by atoms with Crippen LogP contribution in [0.15, 0.2) is 24.3 Å². The molecule has 0 bridgehead atoms. The number of amides is 1. The van der Waals surface area contributed by atoms with Crippen molar-refractivity contribution >= 4 is 5.91 Å². The molecule has 0 unspecified atom stereocenters. The molecule has 0 radical (unpaired) electrons. The number of hydrogen-bond acceptors (Lipinski definition) is 2. The second-order valence-corrected chi connectivity index (χ2v) is 6.44. The minimum absolute atomic E-state index is 0.154. The van der Waals surface area contributed by atoms with E-state index in [1.807, 2.05) is 0 Å². The number of carbonyl (C=O) groups is 1. The summed E-state index contributed by atoms with van der Waals surface area (Å²) < 4.78 is 0. The summed E-state index contributed by atoms with van der Waals surface area (Å²) >= 11 is 0. The van der Waals surface area contributed by atoms with Gasteiger partial charge in [-0.15, -0.1) is 0 Å². The van der Waals surface area contributed by atoms with Gasteiger partial charge in [0.2, 0.25) is 5.91 Å². The molecule has 0 aliphatic rings. The van der Waals surface area contributed by atoms with Crippen molar-refractivity contribution in [3.8, 4) is 0 Å². The largest absolute Gasteiger partial charge is 0.369 e. The fraction of sp³-hybridized carbons (Fsp3) is 0.562. The molecular formula is C16H26N2O. The van der Waals surface area contributed by atoms with Crippen LogP contribution in [0.5, 0.6) is 0 Å². The van der Waals surface area contributed by atoms with E-state index in [1.165, 1.54) is 11.1 Å². The van der Waals surface area contributed by atoms with Crippen LogP contribution < -0.4 is 11.1 Å². The first kappa shape index (κ1) is 15.7. The average molecular weight is 262 g/mol. The van der Waals surface area contributed by atoms with Gasteiger partial charge in [-0.2, -0.15) is 0 Å². The molecule has 1 atom stereocenters. The van der Waals surface area contributed by atoms with E-state index in [0.717, 1.165) is 0 Å². The summed E-state index contributed by atoms with van der Waals surface area (Å²) in [6, 6.07) is 8.76. The van der Waals surface area contributed by atoms with E-state index in [9.17, 15) is 4.79 Å². The lowest BCUT2D eigenvalue weighted by molar-refractivity contribution is -0.117. The molecule has 1 aromatic carbocycles. The molecule has 3 nitrogen and oxygen atoms in total. The minimum Gasteiger partial charge on any atom is -0.369 e. The van der Waals surface area contributed by atoms with Crippen molar-refractivity contribution in [3.05, 3.63) is 35.4 Å². The molecule has 0 aromatic heterocycles. The van der Waals surface area contributed by atoms with Gasteiger partial charge in [-0.1, -0.05) is 58.9 Å². The first-order valence-electron chi connectivity index (χ1n) is 6.84. The zero-order valence-corrected chi connectivity index (χ0v) is 12.7. The molecule has 0 fully saturated rings. The van der Waals surface area contributed by atoms with E-state index in [-0.39, 0.29) is 23.9 Å². The summed E-state index contributed by atoms with van der Waals surface area (Å²) in [6.07, 6.45) is 0. The van der Waals surface area contributed by atoms with Crippen molar-refractivity contribution in [1.82, 2.24) is 5.32 Å². The lowest BCUT2D eigenvalue weighted by atomic mass is 9.85. The van der Waals surface area contributed by atoms with Crippen LogP contribution >= 0.6 is 0 Å². The van der Waals surface area contributed by atoms with Crippen molar-refractivity contribution in [2.24, 2.45) is 11.7 Å². The van der Waals surface area contributed by atoms with Crippen molar-refractivity contribution in [1.29, 1.82) is 0 Å². The van der Waals surface area contributed by atoms with E-state index >= 15 is 0 Å². The second kappa shape index (κ2) is 6.20. The van der Waals surface area contributed by atoms with Gasteiger partial charge in [-0.25, -0.2) is 0 Å². The molecular weight excluding hydrogens is 236 g/mol. The molecule has 1 amide bonds. The normalized spacial score (nSPS) is 13.6. The van der Waals surface area contributed by atoms with Crippen molar-refractivity contribution < 1.29 is 4.79 Å². The Balaban J connectivity index is 2.88. The fourth-order valence-electron chi connectivity index (χ4n) is 2.14. The number of benzene rings is 1. The van der Waals surface area contributed by atoms with Crippen molar-refractivity contribution in [2.45, 2.75) is 46.1 Å². The second-order valence-electron chi connectivity index (χ2n) is 6.44. The van der Waals surface area contributed by atoms with Crippen LogP contribution in [0.2, 0.25) is 0 Å². The molecule has 0 heterocycles. The van der Waals surface area contributed by atoms with Crippen LogP contribution in [0.25, 0.3) is 0 Å². The SMILES string of the molecule is CC(C)[C@@H](NCC(N)=O)c1ccc(C(C)(C)C)cc1. The maximum absolute atomic E-state index is 10.9. The number of carbonyl (C=O) groups excluding carboxylic acids is 1. The van der Waals surface area contributed by atoms with Gasteiger partial charge in [0.1, 0.15) is 0 Å². The third-order valence-electron chi connectivity index (χ3n) is 3.30. The smallest absolute Gasteiger partial charge is 0.231 e. The van der Waals surface area contributed by atoms with E-state index < -0.39 is 0 Å². The Morgan fingerprint density at radius 1 is 1.21 bits per heavy atom. The Bertz CT molecular complexity index is 415. The van der Waals surface area contributed by atoms with Gasteiger partial charge in [0.05, 0.1) is 6.54 Å². The van der Waals surface area contributed by atoms with Gasteiger partial charge in [-0.3, -0.25) is 4.79 Å². The fourth-order valence-corrected chi connectivity index (χ4v) is 2.14. The quantitative estimate of drug-likeness (QED) is 0.857. The summed E-state index contributed by atoms with van der Waals surface area (Å²) in [6.45, 7) is 11.1. The zero-order chi connectivity index (χ0) is 14.6. The van der Waals surface area contributed by atoms with Gasteiger partial charge >= 0.3 is 0 Å². The molecule has 3 heteroatoms. The Morgan fingerprint density at radius 3 is 2.11 bits per heavy atom. The summed E-state index contributed by atoms with van der Waals surface area (Å²) in [5, 5.41) is 3.22. The maximum atomic E-state index is 10.9. The van der Waals surface area contributed by atoms with Crippen molar-refractivity contribution in [2.75, 3.05) is 6.54 Å². The van der Waals surface area contributed by atoms with E-state index in [0.29, 0.717) is 5.92 Å². The Hall–Kier alpha value is -1.35. The van der Waals surface area contributed by atoms with Gasteiger partial charge in [-0.05, 0) is 22.5 Å². The highest BCUT2D eigenvalue weighted by Crippen LogP contribution is 2.26. The summed E-state index contributed by atoms with van der Waals surface area (Å²) in [4.78, 5) is 10.9. The van der Waals surface area contributed by atoms with Crippen LogP contribution in [0.3, 0.4) is 0 Å². The summed E-state index contributed by atoms with van der Waals surface area (Å²) in [5.41, 5.74) is 7.87. The van der Waals surface area contributed by atoms with Crippen LogP contribution in [-0.2, 0) is 10.2 Å². The Morgan fingerprint density at radius 2 is 1.74 bits per heavy atom. The highest BCUT2D eigenvalue weighted by Gasteiger charge is 2.18. The van der Waals surface area contributed by atoms with E-state index in [1.54, 1.807) is 0 Å². The predicted octanol–water partition coefficient (Wildman–Crippen LogP) is 2.76. The zero-order valence-electron chi connectivity index (χ0n) is 12.7. The molecule has 0 spiro atoms. The average Bonchev–Trinajstić information content (AvgIpc) is 2.27. The highest BCUT2D eigenvalue weighted by molar-refractivity contribution is 5.75. The lowest BCUT2D eigenvalue weighted by Crippen LogP contribution is -2.34. The van der Waals surface area contributed by atoms with Gasteiger partial charge in [0.25, 0.3) is 0 Å². The Labute approximate surface area is 116 Å². The standard InChI is InChI=1S/C16H26N2O/c1-11(2)15(18-10-14(17)19)12-6-8-13(9-7-12)16(3,4)5/h6-9,11,15,18H,10H2,1-5H3,(H2,17,19)/t15-/m1/s1. The first-order valence-corrected chi connectivity index (χ1v) is 6.84. The monoisotopic (exact) mass is 262 g/mol. The molecule has 3 N–H and O–H groups in total. The van der Waals surface area contributed by atoms with Gasteiger partial charge in [0, 0.05) is 6.04 Å². The van der Waals surface area contributed by atoms with Crippen LogP contribution in [0.1, 0.15) is 51.8 Å². The van der Waals surface area contributed by atoms with Crippen molar-refractivity contribution in [3.63, 3.8) is 0 Å². The third kappa shape index (κ3) is 4.67. The number of rotatable bonds is 5. The van der Waals surface area contributed by atoms with Crippen LogP contribution in [0.4, 0.5) is 0 Å². The van der Waals surface area contributed by atoms with E-state index in [2.05, 4.69) is 64.2 Å². The molecule has 0 saturated carbocycles. The number of nitrogens with two attached hydrogens (primary N) is 1. The molecule has 1 aromatic rings. The van der Waals surface area contributed by atoms with Gasteiger partial charge in [0.15, 0.2) is 0 Å². The molecule has 0 saturated heterocycles. The molecule has 0 aliphatic heterocycles. The van der Waals surface area contributed by atoms with Crippen LogP contribution in [-0.4, -0.2) is 12.5 Å². The number of primary amides is 1. The number of nitrogens with one attached hydrogen (secondary N) is 1. The third-order valence-corrected chi connectivity index (χ3v) is 3.30. The Kier molecular flexibility index (Phi) is 5.12. The molecule has 0 aliphatic carbocycles. The minimum atomic E-state index is -0.322. The molecule has 106 valence electrons. The lowest BCUT2D eigenvalue weighted by Gasteiger charge is -2.24. The summed E-state index contributed by atoms with van der Waals surface area (Å²) in [7, 11) is 0. The summed E-state index contributed by atoms with van der Waals surface area (Å²) in [5.74, 6) is 0.0804.